The van der Waals surface area contributed by atoms with Crippen LogP contribution in [0.5, 0.6) is 0 Å². The summed E-state index contributed by atoms with van der Waals surface area (Å²) < 4.78 is 25.0. The number of carbonyl (C=O) groups is 2. The Bertz CT molecular complexity index is 966. The number of benzene rings is 2. The minimum Gasteiger partial charge on any atom is -0.344 e. The lowest BCUT2D eigenvalue weighted by Crippen LogP contribution is -2.49. The number of nitrogens with one attached hydrogen (secondary N) is 1. The molecule has 1 fully saturated rings. The monoisotopic (exact) mass is 428 g/mol. The Balaban J connectivity index is 1.64. The van der Waals surface area contributed by atoms with Gasteiger partial charge in [-0.2, -0.15) is 0 Å². The van der Waals surface area contributed by atoms with Crippen LogP contribution >= 0.6 is 0 Å². The third-order valence-corrected chi connectivity index (χ3v) is 7.04. The molecule has 1 heterocycles. The van der Waals surface area contributed by atoms with Crippen LogP contribution in [-0.2, 0) is 25.8 Å². The van der Waals surface area contributed by atoms with E-state index >= 15 is 0 Å². The van der Waals surface area contributed by atoms with E-state index in [-0.39, 0.29) is 23.0 Å². The normalized spacial score (nSPS) is 15.0. The van der Waals surface area contributed by atoms with Crippen LogP contribution in [0.15, 0.2) is 59.5 Å². The maximum absolute atomic E-state index is 12.9. The maximum atomic E-state index is 12.9. The Morgan fingerprint density at radius 1 is 1.00 bits per heavy atom. The van der Waals surface area contributed by atoms with Gasteiger partial charge in [0, 0.05) is 25.9 Å². The quantitative estimate of drug-likeness (QED) is 0.700. The smallest absolute Gasteiger partial charge is 0.245 e. The zero-order valence-corrected chi connectivity index (χ0v) is 18.0. The molecule has 1 saturated heterocycles. The van der Waals surface area contributed by atoms with Crippen LogP contribution in [0.1, 0.15) is 30.4 Å². The van der Waals surface area contributed by atoms with Crippen molar-refractivity contribution in [3.8, 4) is 0 Å². The lowest BCUT2D eigenvalue weighted by molar-refractivity contribution is -0.135. The minimum absolute atomic E-state index is 0.105. The van der Waals surface area contributed by atoms with E-state index in [1.807, 2.05) is 37.3 Å². The number of carbonyl (C=O) groups excluding carboxylic acids is 2. The molecular formula is C23H28N2O4S. The van der Waals surface area contributed by atoms with E-state index in [1.54, 1.807) is 29.2 Å². The predicted octanol–water partition coefficient (Wildman–Crippen LogP) is 2.51. The highest BCUT2D eigenvalue weighted by Crippen LogP contribution is 2.15. The molecule has 3 rings (SSSR count). The summed E-state index contributed by atoms with van der Waals surface area (Å²) in [6, 6.07) is 15.4. The van der Waals surface area contributed by atoms with Gasteiger partial charge in [-0.3, -0.25) is 9.59 Å². The van der Waals surface area contributed by atoms with Crippen LogP contribution in [0, 0.1) is 6.92 Å². The fraction of sp³-hybridized carbons (Fsp3) is 0.391. The van der Waals surface area contributed by atoms with E-state index in [9.17, 15) is 18.0 Å². The highest BCUT2D eigenvalue weighted by molar-refractivity contribution is 7.91. The van der Waals surface area contributed by atoms with Gasteiger partial charge in [-0.05, 0) is 37.5 Å². The van der Waals surface area contributed by atoms with Crippen molar-refractivity contribution < 1.29 is 18.0 Å². The zero-order chi connectivity index (χ0) is 21.6. The fourth-order valence-corrected chi connectivity index (χ4v) is 4.81. The SMILES string of the molecule is Cc1ccc(S(=O)(=O)CCC(=O)NC(Cc2ccccc2)C(=O)N2CCCC2)cc1. The largest absolute Gasteiger partial charge is 0.344 e. The van der Waals surface area contributed by atoms with Gasteiger partial charge in [-0.25, -0.2) is 8.42 Å². The van der Waals surface area contributed by atoms with Gasteiger partial charge >= 0.3 is 0 Å². The molecule has 2 amide bonds. The first-order valence-electron chi connectivity index (χ1n) is 10.3. The van der Waals surface area contributed by atoms with Gasteiger partial charge in [0.25, 0.3) is 0 Å². The number of aryl methyl sites for hydroxylation is 1. The molecule has 6 nitrogen and oxygen atoms in total. The first kappa shape index (κ1) is 22.0. The Kier molecular flexibility index (Phi) is 7.26. The summed E-state index contributed by atoms with van der Waals surface area (Å²) in [5.41, 5.74) is 1.92. The van der Waals surface area contributed by atoms with Gasteiger partial charge in [-0.15, -0.1) is 0 Å². The molecule has 1 atom stereocenters. The van der Waals surface area contributed by atoms with E-state index < -0.39 is 21.8 Å². The first-order chi connectivity index (χ1) is 14.3. The predicted molar refractivity (Wildman–Crippen MR) is 116 cm³/mol. The molecule has 1 aliphatic rings. The van der Waals surface area contributed by atoms with Crippen LogP contribution in [0.2, 0.25) is 0 Å². The van der Waals surface area contributed by atoms with Crippen molar-refractivity contribution in [2.45, 2.75) is 43.5 Å². The lowest BCUT2D eigenvalue weighted by Gasteiger charge is -2.24. The third kappa shape index (κ3) is 5.92. The van der Waals surface area contributed by atoms with Crippen molar-refractivity contribution in [3.05, 3.63) is 65.7 Å². The molecule has 30 heavy (non-hydrogen) atoms. The highest BCUT2D eigenvalue weighted by atomic mass is 32.2. The third-order valence-electron chi connectivity index (χ3n) is 5.31. The zero-order valence-electron chi connectivity index (χ0n) is 17.2. The fourth-order valence-electron chi connectivity index (χ4n) is 3.56. The molecule has 1 aliphatic heterocycles. The van der Waals surface area contributed by atoms with E-state index in [0.29, 0.717) is 19.5 Å². The van der Waals surface area contributed by atoms with Gasteiger partial charge in [0.2, 0.25) is 11.8 Å². The second kappa shape index (κ2) is 9.89. The number of nitrogens with zero attached hydrogens (tertiary/aromatic N) is 1. The second-order valence-electron chi connectivity index (χ2n) is 7.72. The Labute approximate surface area is 178 Å². The van der Waals surface area contributed by atoms with Crippen molar-refractivity contribution in [1.29, 1.82) is 0 Å². The Hall–Kier alpha value is -2.67. The van der Waals surface area contributed by atoms with Crippen molar-refractivity contribution in [2.75, 3.05) is 18.8 Å². The highest BCUT2D eigenvalue weighted by Gasteiger charge is 2.28. The number of hydrogen-bond donors (Lipinski definition) is 1. The summed E-state index contributed by atoms with van der Waals surface area (Å²) in [7, 11) is -3.56. The molecule has 0 bridgehead atoms. The van der Waals surface area contributed by atoms with Crippen molar-refractivity contribution in [2.24, 2.45) is 0 Å². The van der Waals surface area contributed by atoms with Gasteiger partial charge < -0.3 is 10.2 Å². The molecule has 0 aliphatic carbocycles. The Morgan fingerprint density at radius 2 is 1.63 bits per heavy atom. The maximum Gasteiger partial charge on any atom is 0.245 e. The van der Waals surface area contributed by atoms with E-state index in [4.69, 9.17) is 0 Å². The van der Waals surface area contributed by atoms with E-state index in [2.05, 4.69) is 5.32 Å². The summed E-state index contributed by atoms with van der Waals surface area (Å²) in [4.78, 5) is 27.5. The molecule has 7 heteroatoms. The average molecular weight is 429 g/mol. The topological polar surface area (TPSA) is 83.5 Å². The van der Waals surface area contributed by atoms with Crippen LogP contribution < -0.4 is 5.32 Å². The number of sulfone groups is 1. The summed E-state index contributed by atoms with van der Waals surface area (Å²) in [5, 5.41) is 2.78. The molecule has 1 unspecified atom stereocenters. The Morgan fingerprint density at radius 3 is 2.27 bits per heavy atom. The van der Waals surface area contributed by atoms with Gasteiger partial charge in [-0.1, -0.05) is 48.0 Å². The summed E-state index contributed by atoms with van der Waals surface area (Å²) in [5.74, 6) is -0.831. The standard InChI is InChI=1S/C23H28N2O4S/c1-18-9-11-20(12-10-18)30(28,29)16-13-22(26)24-21(17-19-7-3-2-4-8-19)23(27)25-14-5-6-15-25/h2-4,7-12,21H,5-6,13-17H2,1H3,(H,24,26). The molecular weight excluding hydrogens is 400 g/mol. The number of likely N-dealkylation sites (tertiary alicyclic amines) is 1. The van der Waals surface area contributed by atoms with Crippen molar-refractivity contribution in [1.82, 2.24) is 10.2 Å². The molecule has 2 aromatic carbocycles. The van der Waals surface area contributed by atoms with Gasteiger partial charge in [0.1, 0.15) is 6.04 Å². The van der Waals surface area contributed by atoms with E-state index in [0.717, 1.165) is 24.0 Å². The van der Waals surface area contributed by atoms with Crippen molar-refractivity contribution >= 4 is 21.7 Å². The molecule has 0 aromatic heterocycles. The lowest BCUT2D eigenvalue weighted by atomic mass is 10.0. The van der Waals surface area contributed by atoms with Crippen LogP contribution in [0.25, 0.3) is 0 Å². The molecule has 0 spiro atoms. The minimum atomic E-state index is -3.56. The summed E-state index contributed by atoms with van der Waals surface area (Å²) in [6.07, 6.45) is 2.13. The second-order valence-corrected chi connectivity index (χ2v) is 9.83. The molecule has 2 aromatic rings. The molecule has 160 valence electrons. The number of amides is 2. The van der Waals surface area contributed by atoms with Crippen LogP contribution in [0.3, 0.4) is 0 Å². The van der Waals surface area contributed by atoms with Gasteiger partial charge in [0.05, 0.1) is 10.6 Å². The first-order valence-corrected chi connectivity index (χ1v) is 11.9. The van der Waals surface area contributed by atoms with Crippen LogP contribution in [0.4, 0.5) is 0 Å². The van der Waals surface area contributed by atoms with E-state index in [1.165, 1.54) is 0 Å². The van der Waals surface area contributed by atoms with Gasteiger partial charge in [0.15, 0.2) is 9.84 Å². The number of rotatable bonds is 8. The van der Waals surface area contributed by atoms with Crippen molar-refractivity contribution in [3.63, 3.8) is 0 Å². The van der Waals surface area contributed by atoms with Crippen LogP contribution in [-0.4, -0.2) is 50.0 Å². The molecule has 1 N–H and O–H groups in total. The molecule has 0 radical (unpaired) electrons. The molecule has 0 saturated carbocycles. The average Bonchev–Trinajstić information content (AvgIpc) is 3.27. The number of hydrogen-bond acceptors (Lipinski definition) is 4. The summed E-state index contributed by atoms with van der Waals surface area (Å²) >= 11 is 0. The summed E-state index contributed by atoms with van der Waals surface area (Å²) in [6.45, 7) is 3.28.